The van der Waals surface area contributed by atoms with E-state index in [-0.39, 0.29) is 0 Å². The van der Waals surface area contributed by atoms with Gasteiger partial charge in [0.25, 0.3) is 0 Å². The van der Waals surface area contributed by atoms with Gasteiger partial charge >= 0.3 is 6.18 Å². The minimum Gasteiger partial charge on any atom is -0.496 e. The average Bonchev–Trinajstić information content (AvgIpc) is 3.06. The van der Waals surface area contributed by atoms with Crippen molar-refractivity contribution >= 4 is 32.3 Å². The number of alkyl halides is 3. The Balaban J connectivity index is 0.000000289. The van der Waals surface area contributed by atoms with Crippen molar-refractivity contribution in [1.82, 2.24) is 4.98 Å². The summed E-state index contributed by atoms with van der Waals surface area (Å²) in [5, 5.41) is 6.95. The maximum absolute atomic E-state index is 12.9. The predicted octanol–water partition coefficient (Wildman–Crippen LogP) is 10.3. The summed E-state index contributed by atoms with van der Waals surface area (Å²) >= 11 is 0. The molecule has 224 valence electrons. The van der Waals surface area contributed by atoms with Crippen LogP contribution in [0.1, 0.15) is 47.4 Å². The fraction of sp³-hybridized carbons (Fsp3) is 0.237. The Morgan fingerprint density at radius 3 is 2.27 bits per heavy atom. The number of benzene rings is 5. The van der Waals surface area contributed by atoms with E-state index in [4.69, 9.17) is 9.47 Å². The highest BCUT2D eigenvalue weighted by molar-refractivity contribution is 6.13. The molecule has 0 saturated carbocycles. The van der Waals surface area contributed by atoms with E-state index in [9.17, 15) is 13.2 Å². The zero-order valence-electron chi connectivity index (χ0n) is 24.8. The summed E-state index contributed by atoms with van der Waals surface area (Å²) in [6, 6.07) is 28.4. The Bertz CT molecular complexity index is 1850. The van der Waals surface area contributed by atoms with Crippen LogP contribution in [0.2, 0.25) is 0 Å². The predicted molar refractivity (Wildman–Crippen MR) is 172 cm³/mol. The lowest BCUT2D eigenvalue weighted by molar-refractivity contribution is -0.137. The first-order valence-corrected chi connectivity index (χ1v) is 14.9. The summed E-state index contributed by atoms with van der Waals surface area (Å²) in [5.74, 6) is 1.99. The van der Waals surface area contributed by atoms with Crippen LogP contribution in [0.25, 0.3) is 32.3 Å². The number of pyridine rings is 1. The first-order valence-electron chi connectivity index (χ1n) is 14.9. The van der Waals surface area contributed by atoms with Crippen molar-refractivity contribution in [2.24, 2.45) is 0 Å². The number of hydrogen-bond donors (Lipinski definition) is 0. The topological polar surface area (TPSA) is 31.4 Å². The molecule has 0 fully saturated rings. The van der Waals surface area contributed by atoms with E-state index in [0.717, 1.165) is 59.9 Å². The van der Waals surface area contributed by atoms with Gasteiger partial charge in [0.15, 0.2) is 0 Å². The number of rotatable bonds is 5. The number of methoxy groups -OCH3 is 2. The van der Waals surface area contributed by atoms with Gasteiger partial charge in [0.05, 0.1) is 25.2 Å². The lowest BCUT2D eigenvalue weighted by Crippen LogP contribution is -2.11. The summed E-state index contributed by atoms with van der Waals surface area (Å²) in [5.41, 5.74) is 3.07. The quantitative estimate of drug-likeness (QED) is 0.186. The Labute approximate surface area is 255 Å². The van der Waals surface area contributed by atoms with E-state index in [1.807, 2.05) is 42.7 Å². The number of aryl methyl sites for hydroxylation is 2. The Morgan fingerprint density at radius 2 is 1.55 bits per heavy atom. The molecule has 6 heteroatoms. The molecule has 6 aromatic rings. The third-order valence-electron chi connectivity index (χ3n) is 8.70. The van der Waals surface area contributed by atoms with Gasteiger partial charge < -0.3 is 9.47 Å². The molecule has 1 heterocycles. The van der Waals surface area contributed by atoms with Crippen LogP contribution in [0, 0.1) is 0 Å². The Morgan fingerprint density at radius 1 is 0.773 bits per heavy atom. The summed E-state index contributed by atoms with van der Waals surface area (Å²) in [4.78, 5) is 4.01. The summed E-state index contributed by atoms with van der Waals surface area (Å²) in [6.45, 7) is 0. The van der Waals surface area contributed by atoms with Crippen molar-refractivity contribution in [3.05, 3.63) is 126 Å². The first-order chi connectivity index (χ1) is 21.4. The van der Waals surface area contributed by atoms with E-state index in [1.165, 1.54) is 44.8 Å². The second-order valence-corrected chi connectivity index (χ2v) is 11.2. The number of aromatic nitrogens is 1. The lowest BCUT2D eigenvalue weighted by Gasteiger charge is -2.27. The fourth-order valence-corrected chi connectivity index (χ4v) is 6.50. The van der Waals surface area contributed by atoms with Gasteiger partial charge in [-0.2, -0.15) is 13.2 Å². The molecule has 0 bridgehead atoms. The van der Waals surface area contributed by atoms with Crippen molar-refractivity contribution in [1.29, 1.82) is 0 Å². The maximum atomic E-state index is 12.9. The van der Waals surface area contributed by atoms with Gasteiger partial charge in [-0.05, 0) is 112 Å². The third-order valence-corrected chi connectivity index (χ3v) is 8.70. The smallest absolute Gasteiger partial charge is 0.416 e. The van der Waals surface area contributed by atoms with Crippen LogP contribution in [-0.4, -0.2) is 19.2 Å². The van der Waals surface area contributed by atoms with Crippen molar-refractivity contribution in [2.45, 2.75) is 44.2 Å². The second-order valence-electron chi connectivity index (χ2n) is 11.2. The highest BCUT2D eigenvalue weighted by Crippen LogP contribution is 2.44. The minimum atomic E-state index is -4.29. The van der Waals surface area contributed by atoms with Crippen LogP contribution < -0.4 is 9.47 Å². The Hall–Kier alpha value is -4.58. The first kappa shape index (κ1) is 29.5. The Kier molecular flexibility index (Phi) is 8.42. The number of hydrogen-bond acceptors (Lipinski definition) is 3. The molecule has 7 rings (SSSR count). The van der Waals surface area contributed by atoms with Crippen molar-refractivity contribution in [3.8, 4) is 11.5 Å². The molecule has 1 unspecified atom stereocenters. The number of ether oxygens (including phenoxy) is 2. The molecule has 1 aliphatic carbocycles. The molecule has 44 heavy (non-hydrogen) atoms. The van der Waals surface area contributed by atoms with Crippen LogP contribution in [0.15, 0.2) is 103 Å². The van der Waals surface area contributed by atoms with Crippen LogP contribution in [0.5, 0.6) is 11.5 Å². The summed E-state index contributed by atoms with van der Waals surface area (Å²) in [7, 11) is 3.36. The normalized spacial score (nSPS) is 14.6. The van der Waals surface area contributed by atoms with Crippen molar-refractivity contribution < 1.29 is 22.6 Å². The van der Waals surface area contributed by atoms with Crippen LogP contribution in [0.3, 0.4) is 0 Å². The van der Waals surface area contributed by atoms with Gasteiger partial charge in [0.2, 0.25) is 0 Å². The minimum absolute atomic E-state index is 0.391. The highest BCUT2D eigenvalue weighted by atomic mass is 19.4. The monoisotopic (exact) mass is 593 g/mol. The molecule has 1 aliphatic rings. The molecule has 1 aromatic heterocycles. The van der Waals surface area contributed by atoms with Gasteiger partial charge in [-0.15, -0.1) is 0 Å². The van der Waals surface area contributed by atoms with E-state index >= 15 is 0 Å². The molecule has 0 amide bonds. The second kappa shape index (κ2) is 12.6. The molecule has 0 aliphatic heterocycles. The lowest BCUT2D eigenvalue weighted by atomic mass is 9.77. The van der Waals surface area contributed by atoms with Crippen molar-refractivity contribution in [3.63, 3.8) is 0 Å². The van der Waals surface area contributed by atoms with Gasteiger partial charge in [0.1, 0.15) is 11.5 Å². The van der Waals surface area contributed by atoms with Crippen LogP contribution in [-0.2, 0) is 19.0 Å². The summed E-state index contributed by atoms with van der Waals surface area (Å²) < 4.78 is 50.0. The van der Waals surface area contributed by atoms with E-state index in [2.05, 4.69) is 41.4 Å². The van der Waals surface area contributed by atoms with E-state index < -0.39 is 11.7 Å². The molecule has 3 nitrogen and oxygen atoms in total. The third kappa shape index (κ3) is 5.94. The molecule has 0 saturated heterocycles. The standard InChI is InChI=1S/C29H27F3O2.C9H7N/c1-33-26-8-4-7-24-23-16-15-21-19(12-9-18-10-13-20(14-11-18)29(30,31)32)5-3-6-22(21)25(23)17-27(34-2)28(24)26;1-2-4-9-7-10-6-5-8(9)3-1/h4,7-8,10-11,13-17,19H,3,5-6,9,12H2,1-2H3;1-7H. The van der Waals surface area contributed by atoms with Gasteiger partial charge in [-0.3, -0.25) is 4.98 Å². The molecule has 5 aromatic carbocycles. The molecule has 0 radical (unpaired) electrons. The van der Waals surface area contributed by atoms with Gasteiger partial charge in [-0.25, -0.2) is 0 Å². The SMILES string of the molecule is COc1cccc2c1c(OC)cc1c3c(ccc12)C(CCc1ccc(C(F)(F)F)cc1)CCC3.c1ccc2cnccc2c1. The van der Waals surface area contributed by atoms with Crippen LogP contribution in [0.4, 0.5) is 13.2 Å². The van der Waals surface area contributed by atoms with Crippen LogP contribution >= 0.6 is 0 Å². The van der Waals surface area contributed by atoms with Crippen molar-refractivity contribution in [2.75, 3.05) is 14.2 Å². The molecule has 0 N–H and O–H groups in total. The summed E-state index contributed by atoms with van der Waals surface area (Å²) in [6.07, 6.45) is 4.28. The van der Waals surface area contributed by atoms with Gasteiger partial charge in [0, 0.05) is 12.4 Å². The maximum Gasteiger partial charge on any atom is 0.416 e. The number of fused-ring (bicyclic) bond motifs is 6. The molecule has 1 atom stereocenters. The number of nitrogens with zero attached hydrogens (tertiary/aromatic N) is 1. The largest absolute Gasteiger partial charge is 0.496 e. The highest BCUT2D eigenvalue weighted by Gasteiger charge is 2.30. The average molecular weight is 594 g/mol. The zero-order chi connectivity index (χ0) is 30.7. The van der Waals surface area contributed by atoms with E-state index in [1.54, 1.807) is 26.4 Å². The molecular weight excluding hydrogens is 559 g/mol. The zero-order valence-corrected chi connectivity index (χ0v) is 24.8. The van der Waals surface area contributed by atoms with E-state index in [0.29, 0.717) is 5.92 Å². The molecular formula is C38H34F3NO2. The number of halogens is 3. The van der Waals surface area contributed by atoms with Gasteiger partial charge in [-0.1, -0.05) is 60.7 Å². The fourth-order valence-electron chi connectivity index (χ4n) is 6.50. The molecule has 0 spiro atoms.